The fraction of sp³-hybridized carbons (Fsp3) is 0.393. The lowest BCUT2D eigenvalue weighted by molar-refractivity contribution is 0.0402. The zero-order valence-corrected chi connectivity index (χ0v) is 20.5. The first-order chi connectivity index (χ1) is 17.6. The van der Waals surface area contributed by atoms with E-state index in [1.165, 1.54) is 6.26 Å². The Bertz CT molecular complexity index is 1200. The van der Waals surface area contributed by atoms with E-state index in [9.17, 15) is 10.2 Å². The summed E-state index contributed by atoms with van der Waals surface area (Å²) in [7, 11) is 1.61. The number of allylic oxidation sites excluding steroid dienone is 4. The number of fused-ring (bicyclic) bond motifs is 1. The van der Waals surface area contributed by atoms with Crippen LogP contribution in [-0.2, 0) is 9.47 Å². The minimum atomic E-state index is -0.774. The summed E-state index contributed by atoms with van der Waals surface area (Å²) in [6.45, 7) is 4.19. The second-order valence-electron chi connectivity index (χ2n) is 9.32. The van der Waals surface area contributed by atoms with Gasteiger partial charge in [-0.2, -0.15) is 0 Å². The van der Waals surface area contributed by atoms with Gasteiger partial charge in [0.1, 0.15) is 24.4 Å². The van der Waals surface area contributed by atoms with Gasteiger partial charge in [-0.15, -0.1) is 0 Å². The third-order valence-electron chi connectivity index (χ3n) is 6.90. The SMILES string of the molecule is COc1cnc2cccc(C(O)CN3CCN(CC(O)C4=COC=C(C5=CC=CCC5)O4)CC3)c2c1. The van der Waals surface area contributed by atoms with Gasteiger partial charge in [-0.05, 0) is 36.1 Å². The normalized spacial score (nSPS) is 20.6. The minimum Gasteiger partial charge on any atom is -0.495 e. The molecule has 0 saturated carbocycles. The molecule has 8 heteroatoms. The molecule has 0 bridgehead atoms. The highest BCUT2D eigenvalue weighted by Gasteiger charge is 2.26. The lowest BCUT2D eigenvalue weighted by atomic mass is 10.0. The van der Waals surface area contributed by atoms with Gasteiger partial charge in [0.2, 0.25) is 0 Å². The summed E-state index contributed by atoms with van der Waals surface area (Å²) in [5, 5.41) is 22.7. The van der Waals surface area contributed by atoms with Crippen LogP contribution in [0.3, 0.4) is 0 Å². The summed E-state index contributed by atoms with van der Waals surface area (Å²) >= 11 is 0. The highest BCUT2D eigenvalue weighted by Crippen LogP contribution is 2.29. The van der Waals surface area contributed by atoms with Crippen LogP contribution in [0.15, 0.2) is 78.3 Å². The number of benzene rings is 1. The van der Waals surface area contributed by atoms with Gasteiger partial charge < -0.3 is 24.4 Å². The average molecular weight is 492 g/mol. The highest BCUT2D eigenvalue weighted by atomic mass is 16.6. The summed E-state index contributed by atoms with van der Waals surface area (Å²) < 4.78 is 16.8. The Morgan fingerprint density at radius 3 is 2.56 bits per heavy atom. The molecule has 2 aromatic rings. The first-order valence-corrected chi connectivity index (χ1v) is 12.4. The molecule has 0 radical (unpaired) electrons. The molecule has 3 heterocycles. The molecule has 2 aliphatic heterocycles. The molecule has 3 aliphatic rings. The first kappa shape index (κ1) is 24.5. The van der Waals surface area contributed by atoms with Gasteiger partial charge in [0.15, 0.2) is 11.5 Å². The van der Waals surface area contributed by atoms with Gasteiger partial charge in [0.25, 0.3) is 0 Å². The van der Waals surface area contributed by atoms with Crippen molar-refractivity contribution in [3.63, 3.8) is 0 Å². The molecule has 2 unspecified atom stereocenters. The molecule has 8 nitrogen and oxygen atoms in total. The first-order valence-electron chi connectivity index (χ1n) is 12.4. The predicted molar refractivity (Wildman–Crippen MR) is 137 cm³/mol. The highest BCUT2D eigenvalue weighted by molar-refractivity contribution is 5.83. The maximum Gasteiger partial charge on any atom is 0.169 e. The van der Waals surface area contributed by atoms with Gasteiger partial charge in [-0.1, -0.05) is 30.4 Å². The van der Waals surface area contributed by atoms with E-state index >= 15 is 0 Å². The van der Waals surface area contributed by atoms with Crippen LogP contribution in [0.25, 0.3) is 10.9 Å². The van der Waals surface area contributed by atoms with Gasteiger partial charge in [0, 0.05) is 44.7 Å². The number of aliphatic hydroxyl groups is 2. The second kappa shape index (κ2) is 11.3. The number of hydrogen-bond donors (Lipinski definition) is 2. The fourth-order valence-corrected chi connectivity index (χ4v) is 4.82. The van der Waals surface area contributed by atoms with Crippen LogP contribution in [0.4, 0.5) is 0 Å². The molecule has 1 aromatic carbocycles. The smallest absolute Gasteiger partial charge is 0.169 e. The number of β-amino-alcohol motifs (C(OH)–C–C–N with tert-alkyl or cyclic N) is 2. The molecule has 1 saturated heterocycles. The molecule has 36 heavy (non-hydrogen) atoms. The predicted octanol–water partition coefficient (Wildman–Crippen LogP) is 3.26. The number of ether oxygens (including phenoxy) is 3. The molecule has 0 amide bonds. The number of rotatable bonds is 8. The number of piperazine rings is 1. The summed E-state index contributed by atoms with van der Waals surface area (Å²) in [4.78, 5) is 8.90. The second-order valence-corrected chi connectivity index (χ2v) is 9.32. The maximum atomic E-state index is 11.0. The standard InChI is InChI=1S/C28H33N3O5/c1-34-21-14-23-22(8-5-9-24(23)29-15-21)25(32)16-30-10-12-31(13-11-30)17-26(33)28-19-35-18-27(36-28)20-6-3-2-4-7-20/h2-3,5-6,8-9,14-15,18-19,25-26,32-33H,4,7,10-13,16-17H2,1H3. The van der Waals surface area contributed by atoms with E-state index in [4.69, 9.17) is 14.2 Å². The van der Waals surface area contributed by atoms with E-state index in [2.05, 4.69) is 20.9 Å². The molecule has 190 valence electrons. The molecular formula is C28H33N3O5. The zero-order valence-electron chi connectivity index (χ0n) is 20.5. The average Bonchev–Trinajstić information content (AvgIpc) is 2.94. The maximum absolute atomic E-state index is 11.0. The third kappa shape index (κ3) is 5.63. The van der Waals surface area contributed by atoms with Crippen molar-refractivity contribution in [2.24, 2.45) is 0 Å². The van der Waals surface area contributed by atoms with Crippen molar-refractivity contribution in [2.45, 2.75) is 25.0 Å². The number of methoxy groups -OCH3 is 1. The van der Waals surface area contributed by atoms with Gasteiger partial charge in [0.05, 0.1) is 24.9 Å². The minimum absolute atomic E-state index is 0.431. The van der Waals surface area contributed by atoms with Gasteiger partial charge in [-0.3, -0.25) is 14.8 Å². The summed E-state index contributed by atoms with van der Waals surface area (Å²) in [5.41, 5.74) is 2.76. The van der Waals surface area contributed by atoms with E-state index in [1.807, 2.05) is 36.4 Å². The Balaban J connectivity index is 1.13. The Morgan fingerprint density at radius 1 is 1.06 bits per heavy atom. The van der Waals surface area contributed by atoms with Crippen LogP contribution in [-0.4, -0.2) is 77.5 Å². The molecule has 1 fully saturated rings. The van der Waals surface area contributed by atoms with Crippen LogP contribution in [0.2, 0.25) is 0 Å². The molecule has 5 rings (SSSR count). The summed E-state index contributed by atoms with van der Waals surface area (Å²) in [6.07, 6.45) is 11.4. The monoisotopic (exact) mass is 491 g/mol. The molecule has 2 N–H and O–H groups in total. The molecule has 1 aromatic heterocycles. The van der Waals surface area contributed by atoms with E-state index in [1.54, 1.807) is 19.6 Å². The van der Waals surface area contributed by atoms with Gasteiger partial charge >= 0.3 is 0 Å². The Morgan fingerprint density at radius 2 is 1.83 bits per heavy atom. The zero-order chi connectivity index (χ0) is 24.9. The van der Waals surface area contributed by atoms with Crippen molar-refractivity contribution in [1.29, 1.82) is 0 Å². The lowest BCUT2D eigenvalue weighted by Gasteiger charge is -2.36. The Labute approximate surface area is 211 Å². The number of hydrogen-bond acceptors (Lipinski definition) is 8. The number of pyridine rings is 1. The van der Waals surface area contributed by atoms with Crippen molar-refractivity contribution < 1.29 is 24.4 Å². The van der Waals surface area contributed by atoms with Crippen molar-refractivity contribution in [3.8, 4) is 5.75 Å². The van der Waals surface area contributed by atoms with Crippen molar-refractivity contribution in [1.82, 2.24) is 14.8 Å². The van der Waals surface area contributed by atoms with Crippen LogP contribution in [0, 0.1) is 0 Å². The topological polar surface area (TPSA) is 87.5 Å². The number of nitrogens with zero attached hydrogens (tertiary/aromatic N) is 3. The Kier molecular flexibility index (Phi) is 7.67. The third-order valence-corrected chi connectivity index (χ3v) is 6.90. The van der Waals surface area contributed by atoms with E-state index in [-0.39, 0.29) is 0 Å². The number of aliphatic hydroxyl groups excluding tert-OH is 2. The largest absolute Gasteiger partial charge is 0.495 e. The van der Waals surface area contributed by atoms with Crippen molar-refractivity contribution in [2.75, 3.05) is 46.4 Å². The molecule has 0 spiro atoms. The van der Waals surface area contributed by atoms with Crippen LogP contribution in [0.1, 0.15) is 24.5 Å². The van der Waals surface area contributed by atoms with Crippen molar-refractivity contribution in [3.05, 3.63) is 83.9 Å². The van der Waals surface area contributed by atoms with Crippen LogP contribution in [0.5, 0.6) is 5.75 Å². The summed E-state index contributed by atoms with van der Waals surface area (Å²) in [5.74, 6) is 1.77. The van der Waals surface area contributed by atoms with Crippen molar-refractivity contribution >= 4 is 10.9 Å². The van der Waals surface area contributed by atoms with E-state index in [0.717, 1.165) is 61.1 Å². The molecule has 1 aliphatic carbocycles. The lowest BCUT2D eigenvalue weighted by Crippen LogP contribution is -2.49. The molecular weight excluding hydrogens is 458 g/mol. The Hall–Kier alpha value is -3.17. The quantitative estimate of drug-likeness (QED) is 0.582. The van der Waals surface area contributed by atoms with E-state index < -0.39 is 12.2 Å². The summed E-state index contributed by atoms with van der Waals surface area (Å²) in [6, 6.07) is 7.73. The van der Waals surface area contributed by atoms with Gasteiger partial charge in [-0.25, -0.2) is 0 Å². The van der Waals surface area contributed by atoms with Crippen LogP contribution < -0.4 is 4.74 Å². The van der Waals surface area contributed by atoms with E-state index in [0.29, 0.717) is 30.4 Å². The number of aromatic nitrogens is 1. The fourth-order valence-electron chi connectivity index (χ4n) is 4.82. The van der Waals surface area contributed by atoms with Crippen LogP contribution >= 0.6 is 0 Å². The molecule has 2 atom stereocenters.